The Labute approximate surface area is 125 Å². The number of hydrogen-bond donors (Lipinski definition) is 0. The van der Waals surface area contributed by atoms with Crippen LogP contribution in [-0.4, -0.2) is 19.1 Å². The van der Waals surface area contributed by atoms with Gasteiger partial charge >= 0.3 is 5.97 Å². The molecule has 0 aromatic heterocycles. The molecule has 0 unspecified atom stereocenters. The summed E-state index contributed by atoms with van der Waals surface area (Å²) in [6.07, 6.45) is 5.26. The molecule has 0 amide bonds. The average Bonchev–Trinajstić information content (AvgIpc) is 2.51. The number of ether oxygens (including phenoxy) is 1. The fourth-order valence-corrected chi connectivity index (χ4v) is 1.90. The lowest BCUT2D eigenvalue weighted by Gasteiger charge is -2.07. The highest BCUT2D eigenvalue weighted by Gasteiger charge is 2.07. The molecular formula is C16H21N3O2. The first-order valence-corrected chi connectivity index (χ1v) is 7.20. The van der Waals surface area contributed by atoms with Gasteiger partial charge in [0.15, 0.2) is 0 Å². The molecule has 21 heavy (non-hydrogen) atoms. The van der Waals surface area contributed by atoms with Crippen molar-refractivity contribution < 1.29 is 9.53 Å². The van der Waals surface area contributed by atoms with Gasteiger partial charge < -0.3 is 4.74 Å². The van der Waals surface area contributed by atoms with Gasteiger partial charge in [-0.15, -0.1) is 0 Å². The number of azide groups is 1. The van der Waals surface area contributed by atoms with E-state index in [4.69, 9.17) is 10.3 Å². The van der Waals surface area contributed by atoms with Crippen molar-refractivity contribution in [1.82, 2.24) is 0 Å². The largest absolute Gasteiger partial charge is 0.462 e. The summed E-state index contributed by atoms with van der Waals surface area (Å²) in [5, 5.41) is 3.63. The van der Waals surface area contributed by atoms with E-state index < -0.39 is 0 Å². The van der Waals surface area contributed by atoms with Gasteiger partial charge in [0.1, 0.15) is 0 Å². The van der Waals surface area contributed by atoms with Crippen molar-refractivity contribution in [1.29, 1.82) is 0 Å². The molecule has 0 spiro atoms. The van der Waals surface area contributed by atoms with Crippen LogP contribution in [0.1, 0.15) is 49.0 Å². The number of benzene rings is 1. The SMILES string of the molecule is CCCC/C=C(\CN=[N+]=[N-])c1ccc(C(=O)OCC)cc1. The van der Waals surface area contributed by atoms with Crippen molar-refractivity contribution in [2.24, 2.45) is 5.11 Å². The van der Waals surface area contributed by atoms with Crippen LogP contribution in [0.25, 0.3) is 16.0 Å². The van der Waals surface area contributed by atoms with E-state index in [-0.39, 0.29) is 5.97 Å². The van der Waals surface area contributed by atoms with Crippen molar-refractivity contribution in [3.05, 3.63) is 51.9 Å². The van der Waals surface area contributed by atoms with E-state index in [1.54, 1.807) is 19.1 Å². The molecule has 1 rings (SSSR count). The van der Waals surface area contributed by atoms with Crippen molar-refractivity contribution in [2.45, 2.75) is 33.1 Å². The molecule has 0 bridgehead atoms. The van der Waals surface area contributed by atoms with Gasteiger partial charge in [-0.05, 0) is 42.1 Å². The lowest BCUT2D eigenvalue weighted by Crippen LogP contribution is -2.04. The molecular weight excluding hydrogens is 266 g/mol. The summed E-state index contributed by atoms with van der Waals surface area (Å²) < 4.78 is 4.95. The summed E-state index contributed by atoms with van der Waals surface area (Å²) in [7, 11) is 0. The Balaban J connectivity index is 2.89. The molecule has 0 heterocycles. The minimum absolute atomic E-state index is 0.318. The van der Waals surface area contributed by atoms with Crippen LogP contribution in [0.2, 0.25) is 0 Å². The number of unbranched alkanes of at least 4 members (excludes halogenated alkanes) is 2. The fraction of sp³-hybridized carbons (Fsp3) is 0.438. The molecule has 112 valence electrons. The van der Waals surface area contributed by atoms with Gasteiger partial charge in [0, 0.05) is 4.91 Å². The molecule has 5 nitrogen and oxygen atoms in total. The van der Waals surface area contributed by atoms with E-state index in [0.29, 0.717) is 18.7 Å². The zero-order chi connectivity index (χ0) is 15.5. The van der Waals surface area contributed by atoms with Gasteiger partial charge in [-0.1, -0.05) is 43.1 Å². The molecule has 0 atom stereocenters. The van der Waals surface area contributed by atoms with E-state index in [2.05, 4.69) is 23.0 Å². The Hall–Kier alpha value is -2.26. The predicted molar refractivity (Wildman–Crippen MR) is 83.9 cm³/mol. The van der Waals surface area contributed by atoms with E-state index in [1.807, 2.05) is 12.1 Å². The molecule has 1 aromatic rings. The van der Waals surface area contributed by atoms with Crippen LogP contribution in [0.5, 0.6) is 0 Å². The minimum atomic E-state index is -0.324. The molecule has 0 aliphatic carbocycles. The number of nitrogens with zero attached hydrogens (tertiary/aromatic N) is 3. The molecule has 0 fully saturated rings. The molecule has 0 N–H and O–H groups in total. The maximum absolute atomic E-state index is 11.6. The number of hydrogen-bond acceptors (Lipinski definition) is 3. The smallest absolute Gasteiger partial charge is 0.338 e. The van der Waals surface area contributed by atoms with Gasteiger partial charge in [0.05, 0.1) is 18.7 Å². The normalized spacial score (nSPS) is 10.9. The van der Waals surface area contributed by atoms with Gasteiger partial charge in [-0.2, -0.15) is 0 Å². The number of rotatable bonds is 8. The predicted octanol–water partition coefficient (Wildman–Crippen LogP) is 4.75. The molecule has 5 heteroatoms. The highest BCUT2D eigenvalue weighted by Crippen LogP contribution is 2.18. The third-order valence-corrected chi connectivity index (χ3v) is 3.02. The van der Waals surface area contributed by atoms with Gasteiger partial charge in [-0.3, -0.25) is 0 Å². The summed E-state index contributed by atoms with van der Waals surface area (Å²) in [4.78, 5) is 14.4. The third kappa shape index (κ3) is 5.71. The second-order valence-electron chi connectivity index (χ2n) is 4.56. The molecule has 0 aliphatic heterocycles. The van der Waals surface area contributed by atoms with Crippen LogP contribution in [0, 0.1) is 0 Å². The highest BCUT2D eigenvalue weighted by atomic mass is 16.5. The van der Waals surface area contributed by atoms with Gasteiger partial charge in [0.25, 0.3) is 0 Å². The monoisotopic (exact) mass is 287 g/mol. The second kappa shape index (κ2) is 9.61. The molecule has 0 radical (unpaired) electrons. The Kier molecular flexibility index (Phi) is 7.69. The van der Waals surface area contributed by atoms with Crippen molar-refractivity contribution in [3.63, 3.8) is 0 Å². The van der Waals surface area contributed by atoms with Crippen LogP contribution < -0.4 is 0 Å². The lowest BCUT2D eigenvalue weighted by atomic mass is 10.0. The maximum Gasteiger partial charge on any atom is 0.338 e. The lowest BCUT2D eigenvalue weighted by molar-refractivity contribution is 0.0526. The number of carbonyl (C=O) groups excluding carboxylic acids is 1. The first-order chi connectivity index (χ1) is 10.2. The summed E-state index contributed by atoms with van der Waals surface area (Å²) in [5.41, 5.74) is 11.0. The number of allylic oxidation sites excluding steroid dienone is 1. The maximum atomic E-state index is 11.6. The van der Waals surface area contributed by atoms with E-state index in [1.165, 1.54) is 0 Å². The summed E-state index contributed by atoms with van der Waals surface area (Å²) >= 11 is 0. The van der Waals surface area contributed by atoms with Crippen LogP contribution in [0.15, 0.2) is 35.5 Å². The molecule has 0 aliphatic rings. The average molecular weight is 287 g/mol. The van der Waals surface area contributed by atoms with E-state index in [9.17, 15) is 4.79 Å². The fourth-order valence-electron chi connectivity index (χ4n) is 1.90. The van der Waals surface area contributed by atoms with Gasteiger partial charge in [0.2, 0.25) is 0 Å². The van der Waals surface area contributed by atoms with Crippen LogP contribution in [-0.2, 0) is 4.74 Å². The Morgan fingerprint density at radius 2 is 1.95 bits per heavy atom. The van der Waals surface area contributed by atoms with Crippen molar-refractivity contribution in [3.8, 4) is 0 Å². The third-order valence-electron chi connectivity index (χ3n) is 3.02. The van der Waals surface area contributed by atoms with Crippen molar-refractivity contribution >= 4 is 11.5 Å². The van der Waals surface area contributed by atoms with Crippen LogP contribution in [0.3, 0.4) is 0 Å². The zero-order valence-corrected chi connectivity index (χ0v) is 12.6. The summed E-state index contributed by atoms with van der Waals surface area (Å²) in [5.74, 6) is -0.324. The summed E-state index contributed by atoms with van der Waals surface area (Å²) in [6, 6.07) is 7.18. The first kappa shape index (κ1) is 16.8. The highest BCUT2D eigenvalue weighted by molar-refractivity contribution is 5.89. The second-order valence-corrected chi connectivity index (χ2v) is 4.56. The Morgan fingerprint density at radius 3 is 2.52 bits per heavy atom. The van der Waals surface area contributed by atoms with Crippen LogP contribution >= 0.6 is 0 Å². The summed E-state index contributed by atoms with van der Waals surface area (Å²) in [6.45, 7) is 4.59. The number of esters is 1. The topological polar surface area (TPSA) is 75.1 Å². The Bertz CT molecular complexity index is 529. The van der Waals surface area contributed by atoms with Gasteiger partial charge in [-0.25, -0.2) is 4.79 Å². The van der Waals surface area contributed by atoms with Crippen molar-refractivity contribution in [2.75, 3.05) is 13.2 Å². The molecule has 0 saturated heterocycles. The van der Waals surface area contributed by atoms with Crippen LogP contribution in [0.4, 0.5) is 0 Å². The quantitative estimate of drug-likeness (QED) is 0.227. The minimum Gasteiger partial charge on any atom is -0.462 e. The first-order valence-electron chi connectivity index (χ1n) is 7.20. The standard InChI is InChI=1S/C16H21N3O2/c1-3-5-6-7-15(12-18-19-17)13-8-10-14(11-9-13)16(20)21-4-2/h7-11H,3-6,12H2,1-2H3/b15-7+. The number of carbonyl (C=O) groups is 1. The zero-order valence-electron chi connectivity index (χ0n) is 12.6. The molecule has 0 saturated carbocycles. The Morgan fingerprint density at radius 1 is 1.29 bits per heavy atom. The van der Waals surface area contributed by atoms with E-state index >= 15 is 0 Å². The van der Waals surface area contributed by atoms with E-state index in [0.717, 1.165) is 30.4 Å². The molecule has 1 aromatic carbocycles.